The van der Waals surface area contributed by atoms with Crippen molar-refractivity contribution in [2.24, 2.45) is 0 Å². The van der Waals surface area contributed by atoms with Crippen LogP contribution >= 0.6 is 11.6 Å². The Kier molecular flexibility index (Phi) is 5.54. The third-order valence-electron chi connectivity index (χ3n) is 2.23. The minimum Gasteiger partial charge on any atom is -0.399 e. The summed E-state index contributed by atoms with van der Waals surface area (Å²) in [6.45, 7) is 4.05. The lowest BCUT2D eigenvalue weighted by molar-refractivity contribution is 0.133. The predicted molar refractivity (Wildman–Crippen MR) is 72.1 cm³/mol. The van der Waals surface area contributed by atoms with Gasteiger partial charge in [-0.15, -0.1) is 0 Å². The lowest BCUT2D eigenvalue weighted by Gasteiger charge is -2.15. The molecule has 0 saturated carbocycles. The Hall–Kier alpha value is -0.890. The first-order chi connectivity index (χ1) is 8.77. The van der Waals surface area contributed by atoms with Crippen molar-refractivity contribution in [3.05, 3.63) is 23.0 Å². The smallest absolute Gasteiger partial charge is 0.243 e. The van der Waals surface area contributed by atoms with Crippen LogP contribution in [0.1, 0.15) is 13.8 Å². The second-order valence-electron chi connectivity index (χ2n) is 4.00. The molecule has 0 saturated heterocycles. The maximum absolute atomic E-state index is 13.7. The number of sulfonamides is 1. The number of nitrogen functional groups attached to an aromatic ring is 1. The molecule has 0 heterocycles. The van der Waals surface area contributed by atoms with Gasteiger partial charge in [0.25, 0.3) is 0 Å². The summed E-state index contributed by atoms with van der Waals surface area (Å²) < 4.78 is 45.1. The highest BCUT2D eigenvalue weighted by Crippen LogP contribution is 2.25. The van der Waals surface area contributed by atoms with E-state index in [0.29, 0.717) is 6.61 Å². The van der Waals surface area contributed by atoms with Crippen molar-refractivity contribution in [1.82, 2.24) is 4.72 Å². The zero-order valence-corrected chi connectivity index (χ0v) is 12.2. The van der Waals surface area contributed by atoms with Gasteiger partial charge < -0.3 is 10.5 Å². The van der Waals surface area contributed by atoms with Crippen LogP contribution in [0, 0.1) is 5.82 Å². The van der Waals surface area contributed by atoms with Crippen LogP contribution in [-0.2, 0) is 14.8 Å². The van der Waals surface area contributed by atoms with E-state index in [4.69, 9.17) is 22.1 Å². The summed E-state index contributed by atoms with van der Waals surface area (Å²) in [5.74, 6) is -1.02. The monoisotopic (exact) mass is 310 g/mol. The Labute approximate surface area is 116 Å². The van der Waals surface area contributed by atoms with Crippen molar-refractivity contribution in [3.63, 3.8) is 0 Å². The molecule has 0 aliphatic carbocycles. The zero-order valence-electron chi connectivity index (χ0n) is 10.6. The first-order valence-electron chi connectivity index (χ1n) is 5.62. The van der Waals surface area contributed by atoms with E-state index in [1.165, 1.54) is 0 Å². The fraction of sp³-hybridized carbons (Fsp3) is 0.455. The molecule has 8 heteroatoms. The number of nitrogens with two attached hydrogens (primary N) is 1. The molecule has 19 heavy (non-hydrogen) atoms. The number of nitrogens with one attached hydrogen (secondary N) is 1. The van der Waals surface area contributed by atoms with Crippen LogP contribution in [0.5, 0.6) is 0 Å². The van der Waals surface area contributed by atoms with Crippen molar-refractivity contribution in [2.45, 2.75) is 24.8 Å². The summed E-state index contributed by atoms with van der Waals surface area (Å²) >= 11 is 5.57. The predicted octanol–water partition coefficient (Wildman–Crippen LogP) is 1.76. The average Bonchev–Trinajstić information content (AvgIpc) is 2.30. The van der Waals surface area contributed by atoms with E-state index in [-0.39, 0.29) is 17.3 Å². The topological polar surface area (TPSA) is 81.4 Å². The van der Waals surface area contributed by atoms with E-state index in [0.717, 1.165) is 12.1 Å². The lowest BCUT2D eigenvalue weighted by atomic mass is 10.3. The van der Waals surface area contributed by atoms with Gasteiger partial charge in [-0.2, -0.15) is 0 Å². The van der Waals surface area contributed by atoms with Crippen molar-refractivity contribution in [3.8, 4) is 0 Å². The normalized spacial score (nSPS) is 13.5. The molecule has 0 fully saturated rings. The summed E-state index contributed by atoms with van der Waals surface area (Å²) in [6, 6.07) is 1.68. The number of halogens is 2. The van der Waals surface area contributed by atoms with Crippen LogP contribution in [0.3, 0.4) is 0 Å². The van der Waals surface area contributed by atoms with Gasteiger partial charge in [0, 0.05) is 18.3 Å². The second-order valence-corrected chi connectivity index (χ2v) is 6.09. The van der Waals surface area contributed by atoms with Crippen molar-refractivity contribution >= 4 is 27.3 Å². The molecular weight excluding hydrogens is 295 g/mol. The molecule has 1 atom stereocenters. The van der Waals surface area contributed by atoms with Crippen LogP contribution in [0.15, 0.2) is 17.0 Å². The van der Waals surface area contributed by atoms with Gasteiger partial charge in [-0.3, -0.25) is 0 Å². The van der Waals surface area contributed by atoms with Crippen LogP contribution in [0.2, 0.25) is 5.02 Å². The summed E-state index contributed by atoms with van der Waals surface area (Å²) in [4.78, 5) is -0.569. The lowest BCUT2D eigenvalue weighted by Crippen LogP contribution is -2.36. The van der Waals surface area contributed by atoms with Crippen LogP contribution < -0.4 is 10.5 Å². The molecule has 0 aliphatic heterocycles. The highest BCUT2D eigenvalue weighted by molar-refractivity contribution is 7.89. The van der Waals surface area contributed by atoms with Crippen LogP contribution in [0.25, 0.3) is 0 Å². The number of anilines is 1. The number of benzene rings is 1. The molecule has 0 radical (unpaired) electrons. The Balaban J connectivity index is 3.01. The molecule has 1 rings (SSSR count). The van der Waals surface area contributed by atoms with Crippen LogP contribution in [0.4, 0.5) is 10.1 Å². The van der Waals surface area contributed by atoms with E-state index < -0.39 is 26.8 Å². The van der Waals surface area contributed by atoms with Gasteiger partial charge in [0.05, 0.1) is 11.6 Å². The Morgan fingerprint density at radius 2 is 2.16 bits per heavy atom. The molecule has 0 spiro atoms. The fourth-order valence-corrected chi connectivity index (χ4v) is 3.08. The molecule has 3 N–H and O–H groups in total. The maximum Gasteiger partial charge on any atom is 0.243 e. The molecule has 1 unspecified atom stereocenters. The molecule has 0 bridgehead atoms. The van der Waals surface area contributed by atoms with E-state index in [1.807, 2.05) is 0 Å². The van der Waals surface area contributed by atoms with Crippen molar-refractivity contribution < 1.29 is 17.5 Å². The van der Waals surface area contributed by atoms with Crippen LogP contribution in [-0.4, -0.2) is 27.7 Å². The zero-order chi connectivity index (χ0) is 14.6. The molecule has 0 amide bonds. The minimum atomic E-state index is -4.04. The summed E-state index contributed by atoms with van der Waals surface area (Å²) in [7, 11) is -4.04. The Morgan fingerprint density at radius 3 is 2.74 bits per heavy atom. The number of hydrogen-bond donors (Lipinski definition) is 2. The van der Waals surface area contributed by atoms with E-state index in [1.54, 1.807) is 13.8 Å². The number of ether oxygens (including phenoxy) is 1. The highest BCUT2D eigenvalue weighted by atomic mass is 35.5. The largest absolute Gasteiger partial charge is 0.399 e. The van der Waals surface area contributed by atoms with E-state index in [2.05, 4.69) is 4.72 Å². The molecule has 0 aromatic heterocycles. The molecular formula is C11H16ClFN2O3S. The third kappa shape index (κ3) is 4.31. The van der Waals surface area contributed by atoms with E-state index >= 15 is 0 Å². The standard InChI is InChI=1S/C11H16ClFN2O3S/c1-3-18-6-7(2)15-19(16,17)10-5-8(14)4-9(12)11(10)13/h4-5,7,15H,3,6,14H2,1-2H3. The molecule has 5 nitrogen and oxygen atoms in total. The van der Waals surface area contributed by atoms with Gasteiger partial charge in [0.15, 0.2) is 5.82 Å². The first-order valence-corrected chi connectivity index (χ1v) is 7.48. The fourth-order valence-electron chi connectivity index (χ4n) is 1.44. The van der Waals surface area contributed by atoms with Gasteiger partial charge in [-0.1, -0.05) is 11.6 Å². The highest BCUT2D eigenvalue weighted by Gasteiger charge is 2.23. The van der Waals surface area contributed by atoms with Crippen molar-refractivity contribution in [1.29, 1.82) is 0 Å². The molecule has 108 valence electrons. The Bertz CT molecular complexity index is 551. The van der Waals surface area contributed by atoms with Gasteiger partial charge in [-0.05, 0) is 26.0 Å². The van der Waals surface area contributed by atoms with Crippen molar-refractivity contribution in [2.75, 3.05) is 18.9 Å². The molecule has 1 aromatic carbocycles. The molecule has 0 aliphatic rings. The summed E-state index contributed by atoms with van der Waals surface area (Å²) in [5, 5.41) is -0.335. The van der Waals surface area contributed by atoms with Gasteiger partial charge >= 0.3 is 0 Å². The summed E-state index contributed by atoms with van der Waals surface area (Å²) in [6.07, 6.45) is 0. The average molecular weight is 311 g/mol. The molecule has 1 aromatic rings. The Morgan fingerprint density at radius 1 is 1.53 bits per heavy atom. The quantitative estimate of drug-likeness (QED) is 0.785. The van der Waals surface area contributed by atoms with Gasteiger partial charge in [0.2, 0.25) is 10.0 Å². The van der Waals surface area contributed by atoms with E-state index in [9.17, 15) is 12.8 Å². The third-order valence-corrected chi connectivity index (χ3v) is 4.10. The first kappa shape index (κ1) is 16.2. The second kappa shape index (κ2) is 6.51. The SMILES string of the molecule is CCOCC(C)NS(=O)(=O)c1cc(N)cc(Cl)c1F. The number of hydrogen-bond acceptors (Lipinski definition) is 4. The van der Waals surface area contributed by atoms with Gasteiger partial charge in [-0.25, -0.2) is 17.5 Å². The maximum atomic E-state index is 13.7. The minimum absolute atomic E-state index is 0.0734. The van der Waals surface area contributed by atoms with Gasteiger partial charge in [0.1, 0.15) is 4.90 Å². The number of rotatable bonds is 6. The summed E-state index contributed by atoms with van der Waals surface area (Å²) in [5.41, 5.74) is 5.54.